The van der Waals surface area contributed by atoms with Crippen molar-refractivity contribution in [3.63, 3.8) is 0 Å². The van der Waals surface area contributed by atoms with Crippen LogP contribution in [0.4, 0.5) is 5.95 Å². The minimum atomic E-state index is 0.213. The second kappa shape index (κ2) is 6.27. The number of hydrogen-bond acceptors (Lipinski definition) is 5. The number of anilines is 1. The maximum absolute atomic E-state index is 4.90. The fourth-order valence-corrected chi connectivity index (χ4v) is 3.53. The van der Waals surface area contributed by atoms with E-state index in [1.54, 1.807) is 6.20 Å². The summed E-state index contributed by atoms with van der Waals surface area (Å²) in [7, 11) is 0. The molecule has 0 N–H and O–H groups in total. The number of hydrogen-bond donors (Lipinski definition) is 0. The van der Waals surface area contributed by atoms with E-state index in [1.165, 1.54) is 0 Å². The van der Waals surface area contributed by atoms with Crippen LogP contribution in [0.1, 0.15) is 41.8 Å². The molecule has 0 saturated carbocycles. The van der Waals surface area contributed by atoms with Gasteiger partial charge in [-0.1, -0.05) is 6.07 Å². The summed E-state index contributed by atoms with van der Waals surface area (Å²) in [5.74, 6) is 2.65. The van der Waals surface area contributed by atoms with Gasteiger partial charge in [-0.3, -0.25) is 4.57 Å². The molecule has 1 fully saturated rings. The van der Waals surface area contributed by atoms with Gasteiger partial charge in [0, 0.05) is 30.3 Å². The number of aromatic nitrogens is 5. The zero-order chi connectivity index (χ0) is 17.4. The first-order chi connectivity index (χ1) is 12.1. The average Bonchev–Trinajstić information content (AvgIpc) is 3.23. The quantitative estimate of drug-likeness (QED) is 0.735. The molecule has 0 spiro atoms. The molecule has 0 aliphatic carbocycles. The Morgan fingerprint density at radius 2 is 1.84 bits per heavy atom. The van der Waals surface area contributed by atoms with Crippen LogP contribution >= 0.6 is 0 Å². The number of nitrogens with zero attached hydrogens (tertiary/aromatic N) is 6. The monoisotopic (exact) mass is 334 g/mol. The molecule has 3 aromatic heterocycles. The third-order valence-corrected chi connectivity index (χ3v) is 4.65. The van der Waals surface area contributed by atoms with Crippen molar-refractivity contribution >= 4 is 5.95 Å². The Morgan fingerprint density at radius 1 is 1.04 bits per heavy atom. The molecule has 3 aromatic rings. The number of imidazole rings is 1. The average molecular weight is 334 g/mol. The second-order valence-electron chi connectivity index (χ2n) is 6.57. The first-order valence-electron chi connectivity index (χ1n) is 8.68. The van der Waals surface area contributed by atoms with Crippen molar-refractivity contribution in [2.24, 2.45) is 0 Å². The molecule has 25 heavy (non-hydrogen) atoms. The van der Waals surface area contributed by atoms with E-state index in [0.717, 1.165) is 54.1 Å². The maximum Gasteiger partial charge on any atom is 0.226 e. The second-order valence-corrected chi connectivity index (χ2v) is 6.57. The van der Waals surface area contributed by atoms with Gasteiger partial charge in [-0.2, -0.15) is 0 Å². The molecule has 0 unspecified atom stereocenters. The van der Waals surface area contributed by atoms with E-state index in [1.807, 2.05) is 43.7 Å². The van der Waals surface area contributed by atoms with Crippen LogP contribution in [-0.2, 0) is 0 Å². The summed E-state index contributed by atoms with van der Waals surface area (Å²) in [5, 5.41) is 0. The van der Waals surface area contributed by atoms with Crippen molar-refractivity contribution in [2.45, 2.75) is 39.7 Å². The predicted molar refractivity (Wildman–Crippen MR) is 96.9 cm³/mol. The van der Waals surface area contributed by atoms with Crippen LogP contribution in [0.25, 0.3) is 5.82 Å². The van der Waals surface area contributed by atoms with Gasteiger partial charge in [0.1, 0.15) is 11.6 Å². The van der Waals surface area contributed by atoms with E-state index in [9.17, 15) is 0 Å². The van der Waals surface area contributed by atoms with Crippen LogP contribution in [0.5, 0.6) is 0 Å². The molecule has 0 radical (unpaired) electrons. The van der Waals surface area contributed by atoms with Gasteiger partial charge in [-0.25, -0.2) is 19.9 Å². The molecule has 1 aliphatic rings. The number of aryl methyl sites for hydroxylation is 3. The molecule has 4 heterocycles. The van der Waals surface area contributed by atoms with Gasteiger partial charge >= 0.3 is 0 Å². The lowest BCUT2D eigenvalue weighted by Crippen LogP contribution is -2.26. The van der Waals surface area contributed by atoms with Crippen molar-refractivity contribution in [1.29, 1.82) is 0 Å². The summed E-state index contributed by atoms with van der Waals surface area (Å²) >= 11 is 0. The highest BCUT2D eigenvalue weighted by molar-refractivity contribution is 5.39. The molecule has 1 saturated heterocycles. The summed E-state index contributed by atoms with van der Waals surface area (Å²) in [6.07, 6.45) is 5.93. The van der Waals surface area contributed by atoms with Gasteiger partial charge < -0.3 is 4.90 Å². The van der Waals surface area contributed by atoms with Gasteiger partial charge in [0.2, 0.25) is 5.95 Å². The smallest absolute Gasteiger partial charge is 0.226 e. The highest BCUT2D eigenvalue weighted by Crippen LogP contribution is 2.34. The van der Waals surface area contributed by atoms with Crippen molar-refractivity contribution < 1.29 is 0 Å². The van der Waals surface area contributed by atoms with Crippen LogP contribution in [0, 0.1) is 20.8 Å². The van der Waals surface area contributed by atoms with Crippen LogP contribution in [0.2, 0.25) is 0 Å². The van der Waals surface area contributed by atoms with Crippen molar-refractivity contribution in [2.75, 3.05) is 11.4 Å². The third kappa shape index (κ3) is 2.99. The fraction of sp³-hybridized carbons (Fsp3) is 0.368. The Hall–Kier alpha value is -2.76. The van der Waals surface area contributed by atoms with Crippen LogP contribution in [0.3, 0.4) is 0 Å². The predicted octanol–water partition coefficient (Wildman–Crippen LogP) is 3.32. The number of pyridine rings is 1. The Kier molecular flexibility index (Phi) is 3.95. The minimum Gasteiger partial charge on any atom is -0.332 e. The van der Waals surface area contributed by atoms with E-state index in [4.69, 9.17) is 4.98 Å². The van der Waals surface area contributed by atoms with E-state index in [2.05, 4.69) is 32.0 Å². The third-order valence-electron chi connectivity index (χ3n) is 4.65. The molecule has 0 amide bonds. The Morgan fingerprint density at radius 3 is 2.56 bits per heavy atom. The summed E-state index contributed by atoms with van der Waals surface area (Å²) < 4.78 is 2.01. The largest absolute Gasteiger partial charge is 0.332 e. The van der Waals surface area contributed by atoms with Crippen molar-refractivity contribution in [3.8, 4) is 5.82 Å². The molecule has 4 rings (SSSR count). The zero-order valence-corrected chi connectivity index (χ0v) is 14.8. The summed E-state index contributed by atoms with van der Waals surface area (Å²) in [6.45, 7) is 6.98. The number of rotatable bonds is 3. The first-order valence-corrected chi connectivity index (χ1v) is 8.68. The van der Waals surface area contributed by atoms with Gasteiger partial charge in [0.15, 0.2) is 0 Å². The molecule has 128 valence electrons. The van der Waals surface area contributed by atoms with Gasteiger partial charge in [-0.15, -0.1) is 0 Å². The van der Waals surface area contributed by atoms with Gasteiger partial charge in [0.25, 0.3) is 0 Å². The molecular formula is C19H22N6. The van der Waals surface area contributed by atoms with E-state index < -0.39 is 0 Å². The van der Waals surface area contributed by atoms with Crippen LogP contribution in [-0.4, -0.2) is 31.0 Å². The summed E-state index contributed by atoms with van der Waals surface area (Å²) in [4.78, 5) is 20.8. The van der Waals surface area contributed by atoms with Crippen LogP contribution < -0.4 is 4.90 Å². The Bertz CT molecular complexity index is 880. The fourth-order valence-electron chi connectivity index (χ4n) is 3.53. The molecule has 1 aliphatic heterocycles. The lowest BCUT2D eigenvalue weighted by Gasteiger charge is -2.25. The van der Waals surface area contributed by atoms with Crippen molar-refractivity contribution in [3.05, 3.63) is 59.6 Å². The maximum atomic E-state index is 4.90. The first kappa shape index (κ1) is 15.7. The minimum absolute atomic E-state index is 0.213. The van der Waals surface area contributed by atoms with E-state index in [0.29, 0.717) is 0 Å². The SMILES string of the molecule is Cc1cc(C)nc(N2CCC[C@@H]2c2cccc(-n3ccnc3C)n2)n1. The zero-order valence-electron chi connectivity index (χ0n) is 14.8. The van der Waals surface area contributed by atoms with Gasteiger partial charge in [-0.05, 0) is 51.8 Å². The van der Waals surface area contributed by atoms with E-state index in [-0.39, 0.29) is 6.04 Å². The molecule has 0 bridgehead atoms. The van der Waals surface area contributed by atoms with E-state index >= 15 is 0 Å². The van der Waals surface area contributed by atoms with Crippen LogP contribution in [0.15, 0.2) is 36.7 Å². The van der Waals surface area contributed by atoms with Crippen molar-refractivity contribution in [1.82, 2.24) is 24.5 Å². The summed E-state index contributed by atoms with van der Waals surface area (Å²) in [6, 6.07) is 8.40. The molecule has 0 aromatic carbocycles. The standard InChI is InChI=1S/C19H22N6/c1-13-12-14(2)22-19(21-13)25-10-5-7-17(25)16-6-4-8-18(23-16)24-11-9-20-15(24)3/h4,6,8-9,11-12,17H,5,7,10H2,1-3H3/t17-/m1/s1. The lowest BCUT2D eigenvalue weighted by molar-refractivity contribution is 0.673. The molecule has 1 atom stereocenters. The Labute approximate surface area is 147 Å². The molecule has 6 nitrogen and oxygen atoms in total. The highest BCUT2D eigenvalue weighted by Gasteiger charge is 2.29. The highest BCUT2D eigenvalue weighted by atomic mass is 15.3. The van der Waals surface area contributed by atoms with Gasteiger partial charge in [0.05, 0.1) is 11.7 Å². The summed E-state index contributed by atoms with van der Waals surface area (Å²) in [5.41, 5.74) is 3.07. The molecular weight excluding hydrogens is 312 g/mol. The molecule has 6 heteroatoms. The topological polar surface area (TPSA) is 59.7 Å². The normalized spacial score (nSPS) is 17.2. The lowest BCUT2D eigenvalue weighted by atomic mass is 10.1. The Balaban J connectivity index is 1.70.